The highest BCUT2D eigenvalue weighted by Gasteiger charge is 2.49. The molecule has 2 aliphatic heterocycles. The van der Waals surface area contributed by atoms with E-state index in [1.807, 2.05) is 30.3 Å². The molecule has 0 bridgehead atoms. The first-order valence-electron chi connectivity index (χ1n) is 13.8. The molecule has 3 aliphatic rings. The molecule has 3 fully saturated rings. The number of hydrogen-bond donors (Lipinski definition) is 3. The van der Waals surface area contributed by atoms with Crippen molar-refractivity contribution in [2.24, 2.45) is 5.92 Å². The van der Waals surface area contributed by atoms with Crippen LogP contribution in [0.25, 0.3) is 0 Å². The molecule has 1 saturated carbocycles. The van der Waals surface area contributed by atoms with Crippen LogP contribution < -0.4 is 5.73 Å². The third-order valence-corrected chi connectivity index (χ3v) is 9.63. The summed E-state index contributed by atoms with van der Waals surface area (Å²) < 4.78 is 39.7. The average molecular weight is 576 g/mol. The molecule has 1 amide bonds. The lowest BCUT2D eigenvalue weighted by Gasteiger charge is -2.39. The molecule has 5 rings (SSSR count). The number of carboxylic acid groups (broad SMARTS) is 1. The number of carbonyl (C=O) groups is 1. The van der Waals surface area contributed by atoms with Crippen molar-refractivity contribution in [2.75, 3.05) is 25.5 Å². The van der Waals surface area contributed by atoms with Crippen molar-refractivity contribution in [2.45, 2.75) is 74.0 Å². The lowest BCUT2D eigenvalue weighted by molar-refractivity contribution is -0.149. The molecule has 0 aromatic heterocycles. The van der Waals surface area contributed by atoms with Crippen LogP contribution in [0.3, 0.4) is 0 Å². The van der Waals surface area contributed by atoms with Gasteiger partial charge in [-0.25, -0.2) is 13.2 Å². The van der Waals surface area contributed by atoms with Crippen LogP contribution in [0.4, 0.5) is 10.5 Å². The highest BCUT2D eigenvalue weighted by molar-refractivity contribution is 7.89. The van der Waals surface area contributed by atoms with Crippen molar-refractivity contribution >= 4 is 21.8 Å². The van der Waals surface area contributed by atoms with Gasteiger partial charge in [-0.3, -0.25) is 9.74 Å². The molecule has 2 aromatic carbocycles. The summed E-state index contributed by atoms with van der Waals surface area (Å²) >= 11 is 0. The number of hydroxylamine groups is 1. The van der Waals surface area contributed by atoms with Gasteiger partial charge < -0.3 is 25.4 Å². The largest absolute Gasteiger partial charge is 0.465 e. The van der Waals surface area contributed by atoms with Crippen LogP contribution in [-0.2, 0) is 30.8 Å². The predicted molar refractivity (Wildman–Crippen MR) is 145 cm³/mol. The van der Waals surface area contributed by atoms with Crippen molar-refractivity contribution < 1.29 is 37.7 Å². The quantitative estimate of drug-likeness (QED) is 0.271. The third kappa shape index (κ3) is 6.27. The minimum absolute atomic E-state index is 0.0671. The first-order valence-corrected chi connectivity index (χ1v) is 15.2. The monoisotopic (exact) mass is 575 g/mol. The van der Waals surface area contributed by atoms with Gasteiger partial charge in [-0.2, -0.15) is 0 Å². The van der Waals surface area contributed by atoms with Gasteiger partial charge in [-0.15, -0.1) is 0 Å². The fraction of sp³-hybridized carbons (Fsp3) is 0.536. The number of aliphatic hydroxyl groups is 1. The first-order chi connectivity index (χ1) is 19.2. The van der Waals surface area contributed by atoms with Gasteiger partial charge in [0.25, 0.3) is 10.0 Å². The fourth-order valence-electron chi connectivity index (χ4n) is 5.96. The van der Waals surface area contributed by atoms with E-state index in [-0.39, 0.29) is 35.6 Å². The highest BCUT2D eigenvalue weighted by atomic mass is 32.2. The van der Waals surface area contributed by atoms with E-state index in [0.717, 1.165) is 22.9 Å². The van der Waals surface area contributed by atoms with Gasteiger partial charge in [-0.05, 0) is 49.4 Å². The summed E-state index contributed by atoms with van der Waals surface area (Å²) in [5.74, 6) is -0.177. The molecule has 1 aliphatic carbocycles. The van der Waals surface area contributed by atoms with Crippen molar-refractivity contribution in [1.82, 2.24) is 9.37 Å². The number of fused-ring (bicyclic) bond motifs is 1. The lowest BCUT2D eigenvalue weighted by Crippen LogP contribution is -2.57. The van der Waals surface area contributed by atoms with Crippen LogP contribution in [0, 0.1) is 5.92 Å². The van der Waals surface area contributed by atoms with E-state index in [1.54, 1.807) is 6.07 Å². The van der Waals surface area contributed by atoms with E-state index < -0.39 is 47.1 Å². The number of nitrogens with two attached hydrogens (primary N) is 1. The number of ether oxygens (including phenoxy) is 2. The maximum absolute atomic E-state index is 13.8. The van der Waals surface area contributed by atoms with Gasteiger partial charge in [0, 0.05) is 11.6 Å². The highest BCUT2D eigenvalue weighted by Crippen LogP contribution is 2.36. The third-order valence-electron chi connectivity index (χ3n) is 8.00. The van der Waals surface area contributed by atoms with Crippen LogP contribution in [0.15, 0.2) is 59.5 Å². The van der Waals surface area contributed by atoms with Crippen LogP contribution >= 0.6 is 0 Å². The number of hydrogen-bond acceptors (Lipinski definition) is 8. The van der Waals surface area contributed by atoms with Gasteiger partial charge in [0.2, 0.25) is 0 Å². The van der Waals surface area contributed by atoms with Gasteiger partial charge in [0.05, 0.1) is 48.9 Å². The molecule has 0 unspecified atom stereocenters. The number of aliphatic hydroxyl groups excluding tert-OH is 1. The van der Waals surface area contributed by atoms with E-state index in [2.05, 4.69) is 0 Å². The van der Waals surface area contributed by atoms with Crippen molar-refractivity contribution in [3.05, 3.63) is 60.2 Å². The number of anilines is 1. The number of nitrogen functional groups attached to an aromatic ring is 1. The summed E-state index contributed by atoms with van der Waals surface area (Å²) in [4.78, 5) is 20.0. The van der Waals surface area contributed by atoms with Crippen LogP contribution in [0.1, 0.15) is 37.7 Å². The minimum Gasteiger partial charge on any atom is -0.465 e. The molecule has 218 valence electrons. The molecule has 11 nitrogen and oxygen atoms in total. The molecular weight excluding hydrogens is 538 g/mol. The average Bonchev–Trinajstić information content (AvgIpc) is 3.69. The first kappa shape index (κ1) is 28.8. The van der Waals surface area contributed by atoms with E-state index in [0.29, 0.717) is 25.9 Å². The Morgan fingerprint density at radius 1 is 1.07 bits per heavy atom. The van der Waals surface area contributed by atoms with Gasteiger partial charge in [-0.1, -0.05) is 53.7 Å². The number of nitrogens with zero attached hydrogens (tertiary/aromatic N) is 2. The Morgan fingerprint density at radius 2 is 1.82 bits per heavy atom. The van der Waals surface area contributed by atoms with E-state index in [1.165, 1.54) is 23.1 Å². The molecule has 0 radical (unpaired) electrons. The van der Waals surface area contributed by atoms with Crippen molar-refractivity contribution in [3.8, 4) is 0 Å². The molecule has 0 spiro atoms. The molecule has 2 heterocycles. The Balaban J connectivity index is 1.47. The van der Waals surface area contributed by atoms with Gasteiger partial charge >= 0.3 is 6.09 Å². The topological polar surface area (TPSA) is 152 Å². The summed E-state index contributed by atoms with van der Waals surface area (Å²) in [6.07, 6.45) is 0.542. The second-order valence-corrected chi connectivity index (χ2v) is 12.5. The minimum atomic E-state index is -4.23. The number of rotatable bonds is 11. The van der Waals surface area contributed by atoms with E-state index in [9.17, 15) is 23.4 Å². The second-order valence-electron chi connectivity index (χ2n) is 10.7. The molecule has 4 N–H and O–H groups in total. The molecule has 2 aromatic rings. The zero-order chi connectivity index (χ0) is 28.3. The summed E-state index contributed by atoms with van der Waals surface area (Å²) in [5.41, 5.74) is 6.95. The van der Waals surface area contributed by atoms with Crippen LogP contribution in [0.2, 0.25) is 0 Å². The SMILES string of the molecule is Nc1cccc(S(=O)(=O)N(C[C@H](O)[C@H](Cc2ccccc2)N(C(=O)O)[C@H]2CO[C@H]3OCC[C@H]32)OC2CCCC2)c1. The van der Waals surface area contributed by atoms with Crippen molar-refractivity contribution in [1.29, 1.82) is 0 Å². The van der Waals surface area contributed by atoms with Crippen LogP contribution in [0.5, 0.6) is 0 Å². The lowest BCUT2D eigenvalue weighted by atomic mass is 9.93. The maximum atomic E-state index is 13.8. The molecule has 40 heavy (non-hydrogen) atoms. The summed E-state index contributed by atoms with van der Waals surface area (Å²) in [5, 5.41) is 22.1. The number of amides is 1. The Kier molecular flexibility index (Phi) is 8.93. The Morgan fingerprint density at radius 3 is 2.52 bits per heavy atom. The Labute approximate surface area is 234 Å². The Hall–Kier alpha value is -2.74. The number of sulfonamides is 1. The summed E-state index contributed by atoms with van der Waals surface area (Å²) in [6, 6.07) is 13.6. The second kappa shape index (κ2) is 12.4. The Bertz CT molecular complexity index is 1260. The van der Waals surface area contributed by atoms with Gasteiger partial charge in [0.15, 0.2) is 6.29 Å². The van der Waals surface area contributed by atoms with Crippen molar-refractivity contribution in [3.63, 3.8) is 0 Å². The fourth-order valence-corrected chi connectivity index (χ4v) is 7.31. The summed E-state index contributed by atoms with van der Waals surface area (Å²) in [7, 11) is -4.23. The maximum Gasteiger partial charge on any atom is 0.407 e. The molecule has 5 atom stereocenters. The van der Waals surface area contributed by atoms with E-state index >= 15 is 0 Å². The predicted octanol–water partition coefficient (Wildman–Crippen LogP) is 2.85. The standard InChI is InChI=1S/C28H37N3O8S/c29-20-9-6-12-22(16-20)40(35,36)30(39-21-10-4-5-11-21)17-26(32)24(15-19-7-2-1-3-8-19)31(28(33)34)25-18-38-27-23(25)13-14-37-27/h1-3,6-9,12,16,21,23-27,32H,4-5,10-11,13-15,17-18,29H2,(H,33,34)/t23-,24-,25-,26-,27+/m0/s1. The molecule has 12 heteroatoms. The molecular formula is C28H37N3O8S. The summed E-state index contributed by atoms with van der Waals surface area (Å²) in [6.45, 7) is 0.128. The number of benzene rings is 2. The van der Waals surface area contributed by atoms with Crippen LogP contribution in [-0.4, -0.2) is 84.4 Å². The zero-order valence-electron chi connectivity index (χ0n) is 22.2. The smallest absolute Gasteiger partial charge is 0.407 e. The van der Waals surface area contributed by atoms with Gasteiger partial charge in [0.1, 0.15) is 0 Å². The molecule has 2 saturated heterocycles. The normalized spacial score (nSPS) is 24.7. The zero-order valence-corrected chi connectivity index (χ0v) is 23.1. The van der Waals surface area contributed by atoms with E-state index in [4.69, 9.17) is 20.0 Å².